The minimum atomic E-state index is -3.69. The third kappa shape index (κ3) is 4.94. The number of fused-ring (bicyclic) bond motifs is 1. The van der Waals surface area contributed by atoms with Gasteiger partial charge in [0.15, 0.2) is 0 Å². The monoisotopic (exact) mass is 393 g/mol. The smallest absolute Gasteiger partial charge is 0.240 e. The Kier molecular flexibility index (Phi) is 6.04. The number of hydrogen-bond acceptors (Lipinski definition) is 4. The number of nitrogens with one attached hydrogen (secondary N) is 2. The van der Waals surface area contributed by atoms with Gasteiger partial charge in [-0.3, -0.25) is 4.79 Å². The summed E-state index contributed by atoms with van der Waals surface area (Å²) in [6.07, 6.45) is 0.317. The van der Waals surface area contributed by atoms with Crippen LogP contribution in [0.5, 0.6) is 0 Å². The maximum absolute atomic E-state index is 12.4. The average molecular weight is 393 g/mol. The SMILES string of the molecule is N#CCc1ccc(NC(=O)CCNS(=O)(=O)c2ccc3ccccc3c2)cc1. The molecular formula is C21H19N3O3S. The maximum Gasteiger partial charge on any atom is 0.240 e. The van der Waals surface area contributed by atoms with Crippen molar-refractivity contribution in [1.82, 2.24) is 4.72 Å². The molecule has 3 aromatic rings. The quantitative estimate of drug-likeness (QED) is 0.644. The van der Waals surface area contributed by atoms with E-state index < -0.39 is 10.0 Å². The van der Waals surface area contributed by atoms with Gasteiger partial charge in [0.05, 0.1) is 17.4 Å². The molecule has 3 aromatic carbocycles. The van der Waals surface area contributed by atoms with Crippen molar-refractivity contribution in [2.24, 2.45) is 0 Å². The molecule has 0 aliphatic rings. The number of nitriles is 1. The van der Waals surface area contributed by atoms with E-state index in [1.807, 2.05) is 24.3 Å². The number of nitrogens with zero attached hydrogens (tertiary/aromatic N) is 1. The molecule has 1 amide bonds. The van der Waals surface area contributed by atoms with Crippen LogP contribution in [-0.2, 0) is 21.2 Å². The van der Waals surface area contributed by atoms with Crippen LogP contribution in [0.15, 0.2) is 71.6 Å². The lowest BCUT2D eigenvalue weighted by Gasteiger charge is -2.09. The van der Waals surface area contributed by atoms with Gasteiger partial charge in [0, 0.05) is 18.7 Å². The molecule has 142 valence electrons. The minimum absolute atomic E-state index is 0.00644. The Balaban J connectivity index is 1.55. The van der Waals surface area contributed by atoms with Crippen molar-refractivity contribution in [3.05, 3.63) is 72.3 Å². The number of amides is 1. The first-order valence-corrected chi connectivity index (χ1v) is 10.2. The zero-order valence-electron chi connectivity index (χ0n) is 15.1. The molecule has 0 bridgehead atoms. The van der Waals surface area contributed by atoms with Gasteiger partial charge in [-0.05, 0) is 40.6 Å². The van der Waals surface area contributed by atoms with Crippen molar-refractivity contribution < 1.29 is 13.2 Å². The molecule has 0 fully saturated rings. The van der Waals surface area contributed by atoms with E-state index in [4.69, 9.17) is 5.26 Å². The fourth-order valence-corrected chi connectivity index (χ4v) is 3.80. The first kappa shape index (κ1) is 19.5. The van der Waals surface area contributed by atoms with Crippen molar-refractivity contribution in [1.29, 1.82) is 5.26 Å². The van der Waals surface area contributed by atoms with Crippen molar-refractivity contribution in [2.45, 2.75) is 17.7 Å². The minimum Gasteiger partial charge on any atom is -0.326 e. The highest BCUT2D eigenvalue weighted by atomic mass is 32.2. The highest BCUT2D eigenvalue weighted by Gasteiger charge is 2.14. The molecule has 0 aliphatic carbocycles. The number of sulfonamides is 1. The molecule has 0 saturated heterocycles. The lowest BCUT2D eigenvalue weighted by atomic mass is 10.1. The molecule has 0 heterocycles. The third-order valence-corrected chi connectivity index (χ3v) is 5.65. The average Bonchev–Trinajstić information content (AvgIpc) is 2.69. The van der Waals surface area contributed by atoms with Gasteiger partial charge in [0.25, 0.3) is 0 Å². The van der Waals surface area contributed by atoms with Crippen molar-refractivity contribution >= 4 is 32.4 Å². The molecule has 0 spiro atoms. The van der Waals surface area contributed by atoms with E-state index >= 15 is 0 Å². The summed E-state index contributed by atoms with van der Waals surface area (Å²) in [4.78, 5) is 12.2. The fraction of sp³-hybridized carbons (Fsp3) is 0.143. The van der Waals surface area contributed by atoms with E-state index in [9.17, 15) is 13.2 Å². The number of rotatable bonds is 7. The summed E-state index contributed by atoms with van der Waals surface area (Å²) in [6, 6.07) is 21.4. The van der Waals surface area contributed by atoms with E-state index in [2.05, 4.69) is 16.1 Å². The van der Waals surface area contributed by atoms with Crippen molar-refractivity contribution in [3.63, 3.8) is 0 Å². The lowest BCUT2D eigenvalue weighted by molar-refractivity contribution is -0.116. The van der Waals surface area contributed by atoms with Crippen LogP contribution in [0.4, 0.5) is 5.69 Å². The van der Waals surface area contributed by atoms with Crippen molar-refractivity contribution in [3.8, 4) is 6.07 Å². The molecule has 6 nitrogen and oxygen atoms in total. The molecule has 0 radical (unpaired) electrons. The van der Waals surface area contributed by atoms with Crippen LogP contribution in [0.1, 0.15) is 12.0 Å². The number of carbonyl (C=O) groups is 1. The number of anilines is 1. The maximum atomic E-state index is 12.4. The molecule has 3 rings (SSSR count). The molecule has 0 aromatic heterocycles. The predicted octanol–water partition coefficient (Wildman–Crippen LogP) is 3.21. The summed E-state index contributed by atoms with van der Waals surface area (Å²) >= 11 is 0. The van der Waals surface area contributed by atoms with Gasteiger partial charge in [0.2, 0.25) is 15.9 Å². The Hall–Kier alpha value is -3.21. The van der Waals surface area contributed by atoms with Gasteiger partial charge in [-0.2, -0.15) is 5.26 Å². The number of carbonyl (C=O) groups excluding carboxylic acids is 1. The summed E-state index contributed by atoms with van der Waals surface area (Å²) in [5.74, 6) is -0.297. The van der Waals surface area contributed by atoms with Gasteiger partial charge in [-0.1, -0.05) is 42.5 Å². The van der Waals surface area contributed by atoms with E-state index in [0.717, 1.165) is 16.3 Å². The number of hydrogen-bond donors (Lipinski definition) is 2. The normalized spacial score (nSPS) is 11.1. The second-order valence-electron chi connectivity index (χ2n) is 6.24. The lowest BCUT2D eigenvalue weighted by Crippen LogP contribution is -2.27. The largest absolute Gasteiger partial charge is 0.326 e. The second kappa shape index (κ2) is 8.65. The molecule has 0 saturated carbocycles. The topological polar surface area (TPSA) is 99.1 Å². The predicted molar refractivity (Wildman–Crippen MR) is 108 cm³/mol. The van der Waals surface area contributed by atoms with E-state index in [-0.39, 0.29) is 23.8 Å². The van der Waals surface area contributed by atoms with Crippen LogP contribution < -0.4 is 10.0 Å². The van der Waals surface area contributed by atoms with Gasteiger partial charge < -0.3 is 5.32 Å². The Morgan fingerprint density at radius 2 is 1.68 bits per heavy atom. The first-order chi connectivity index (χ1) is 13.5. The Labute approximate surface area is 163 Å². The fourth-order valence-electron chi connectivity index (χ4n) is 2.74. The van der Waals surface area contributed by atoms with Crippen molar-refractivity contribution in [2.75, 3.05) is 11.9 Å². The van der Waals surface area contributed by atoms with Gasteiger partial charge in [0.1, 0.15) is 0 Å². The summed E-state index contributed by atoms with van der Waals surface area (Å²) < 4.78 is 27.3. The van der Waals surface area contributed by atoms with E-state index in [1.54, 1.807) is 42.5 Å². The first-order valence-electron chi connectivity index (χ1n) is 8.72. The zero-order chi connectivity index (χ0) is 20.0. The standard InChI is InChI=1S/C21H19N3O3S/c22-13-11-16-5-8-19(9-6-16)24-21(25)12-14-23-28(26,27)20-10-7-17-3-1-2-4-18(17)15-20/h1-10,15,23H,11-12,14H2,(H,24,25). The molecular weight excluding hydrogens is 374 g/mol. The molecule has 0 unspecified atom stereocenters. The molecule has 0 aliphatic heterocycles. The van der Waals surface area contributed by atoms with Crippen LogP contribution in [-0.4, -0.2) is 20.9 Å². The Bertz CT molecular complexity index is 1130. The van der Waals surface area contributed by atoms with E-state index in [1.165, 1.54) is 0 Å². The van der Waals surface area contributed by atoms with Crippen LogP contribution in [0, 0.1) is 11.3 Å². The van der Waals surface area contributed by atoms with Gasteiger partial charge in [-0.15, -0.1) is 0 Å². The third-order valence-electron chi connectivity index (χ3n) is 4.20. The van der Waals surface area contributed by atoms with Crippen LogP contribution >= 0.6 is 0 Å². The zero-order valence-corrected chi connectivity index (χ0v) is 15.9. The summed E-state index contributed by atoms with van der Waals surface area (Å²) in [6.45, 7) is -0.00644. The summed E-state index contributed by atoms with van der Waals surface area (Å²) in [7, 11) is -3.69. The van der Waals surface area contributed by atoms with Gasteiger partial charge in [-0.25, -0.2) is 13.1 Å². The number of benzene rings is 3. The van der Waals surface area contributed by atoms with Crippen LogP contribution in [0.3, 0.4) is 0 Å². The second-order valence-corrected chi connectivity index (χ2v) is 8.00. The Morgan fingerprint density at radius 1 is 0.964 bits per heavy atom. The summed E-state index contributed by atoms with van der Waals surface area (Å²) in [5, 5.41) is 13.2. The van der Waals surface area contributed by atoms with E-state index in [0.29, 0.717) is 12.1 Å². The molecule has 28 heavy (non-hydrogen) atoms. The van der Waals surface area contributed by atoms with Gasteiger partial charge >= 0.3 is 0 Å². The highest BCUT2D eigenvalue weighted by molar-refractivity contribution is 7.89. The molecule has 7 heteroatoms. The van der Waals surface area contributed by atoms with Crippen LogP contribution in [0.2, 0.25) is 0 Å². The summed E-state index contributed by atoms with van der Waals surface area (Å²) in [5.41, 5.74) is 1.47. The Morgan fingerprint density at radius 3 is 2.39 bits per heavy atom. The van der Waals surface area contributed by atoms with Crippen LogP contribution in [0.25, 0.3) is 10.8 Å². The molecule has 2 N–H and O–H groups in total. The molecule has 0 atom stereocenters. The highest BCUT2D eigenvalue weighted by Crippen LogP contribution is 2.18.